The molecule has 1 aromatic carbocycles. The Labute approximate surface area is 124 Å². The maximum atomic E-state index is 12.6. The molecule has 0 aliphatic carbocycles. The number of methoxy groups -OCH3 is 1. The van der Waals surface area contributed by atoms with E-state index in [1.165, 1.54) is 16.4 Å². The predicted molar refractivity (Wildman–Crippen MR) is 79.2 cm³/mol. The Hall–Kier alpha value is -0.820. The molecule has 2 N–H and O–H groups in total. The molecule has 0 radical (unpaired) electrons. The summed E-state index contributed by atoms with van der Waals surface area (Å²) in [6, 6.07) is 4.45. The number of anilines is 1. The summed E-state index contributed by atoms with van der Waals surface area (Å²) in [6.45, 7) is 2.89. The lowest BCUT2D eigenvalue weighted by molar-refractivity contribution is 0.0184. The summed E-state index contributed by atoms with van der Waals surface area (Å²) in [5.74, 6) is 0.341. The Kier molecular flexibility index (Phi) is 4.59. The van der Waals surface area contributed by atoms with Crippen LogP contribution in [0.3, 0.4) is 0 Å². The van der Waals surface area contributed by atoms with Gasteiger partial charge in [0.05, 0.1) is 11.1 Å². The van der Waals surface area contributed by atoms with Crippen molar-refractivity contribution in [1.82, 2.24) is 4.31 Å². The third kappa shape index (κ3) is 2.93. The number of sulfonamides is 1. The Balaban J connectivity index is 2.31. The molecule has 1 fully saturated rings. The number of ether oxygens (including phenoxy) is 1. The Morgan fingerprint density at radius 3 is 2.75 bits per heavy atom. The van der Waals surface area contributed by atoms with Gasteiger partial charge in [-0.25, -0.2) is 8.42 Å². The van der Waals surface area contributed by atoms with E-state index in [-0.39, 0.29) is 16.0 Å². The second-order valence-corrected chi connectivity index (χ2v) is 7.41. The summed E-state index contributed by atoms with van der Waals surface area (Å²) in [7, 11) is -2.01. The van der Waals surface area contributed by atoms with Gasteiger partial charge in [-0.2, -0.15) is 4.31 Å². The SMILES string of the molecule is COC1CN(S(=O)(=O)c2ccc(N)cc2Cl)CCC1C. The monoisotopic (exact) mass is 318 g/mol. The summed E-state index contributed by atoms with van der Waals surface area (Å²) >= 11 is 6.02. The van der Waals surface area contributed by atoms with E-state index in [2.05, 4.69) is 6.92 Å². The van der Waals surface area contributed by atoms with E-state index >= 15 is 0 Å². The number of rotatable bonds is 3. The first-order chi connectivity index (χ1) is 9.36. The minimum absolute atomic E-state index is 0.0916. The lowest BCUT2D eigenvalue weighted by Gasteiger charge is -2.35. The topological polar surface area (TPSA) is 72.6 Å². The van der Waals surface area contributed by atoms with Crippen LogP contribution >= 0.6 is 11.6 Å². The minimum Gasteiger partial charge on any atom is -0.399 e. The van der Waals surface area contributed by atoms with E-state index in [1.54, 1.807) is 13.2 Å². The number of benzene rings is 1. The smallest absolute Gasteiger partial charge is 0.244 e. The standard InChI is InChI=1S/C13H19ClN2O3S/c1-9-5-6-16(8-12(9)19-2)20(17,18)13-4-3-10(15)7-11(13)14/h3-4,7,9,12H,5-6,8,15H2,1-2H3. The van der Waals surface area contributed by atoms with Gasteiger partial charge in [0.2, 0.25) is 10.0 Å². The van der Waals surface area contributed by atoms with Gasteiger partial charge in [0, 0.05) is 25.9 Å². The van der Waals surface area contributed by atoms with E-state index < -0.39 is 10.0 Å². The van der Waals surface area contributed by atoms with Gasteiger partial charge in [0.15, 0.2) is 0 Å². The van der Waals surface area contributed by atoms with Crippen LogP contribution in [0.15, 0.2) is 23.1 Å². The molecule has 1 saturated heterocycles. The highest BCUT2D eigenvalue weighted by Gasteiger charge is 2.34. The lowest BCUT2D eigenvalue weighted by Crippen LogP contribution is -2.46. The molecule has 7 heteroatoms. The summed E-state index contributed by atoms with van der Waals surface area (Å²) < 4.78 is 32.0. The molecular formula is C13H19ClN2O3S. The van der Waals surface area contributed by atoms with Crippen molar-refractivity contribution in [3.63, 3.8) is 0 Å². The zero-order chi connectivity index (χ0) is 14.9. The molecule has 1 aromatic rings. The second-order valence-electron chi connectivity index (χ2n) is 5.09. The van der Waals surface area contributed by atoms with Crippen molar-refractivity contribution in [2.75, 3.05) is 25.9 Å². The van der Waals surface area contributed by atoms with E-state index in [1.807, 2.05) is 0 Å². The number of nitrogens with two attached hydrogens (primary N) is 1. The molecule has 112 valence electrons. The largest absolute Gasteiger partial charge is 0.399 e. The molecule has 5 nitrogen and oxygen atoms in total. The van der Waals surface area contributed by atoms with Crippen LogP contribution in [0.2, 0.25) is 5.02 Å². The maximum absolute atomic E-state index is 12.6. The van der Waals surface area contributed by atoms with Crippen molar-refractivity contribution in [2.24, 2.45) is 5.92 Å². The summed E-state index contributed by atoms with van der Waals surface area (Å²) in [6.07, 6.45) is 0.677. The molecule has 1 aliphatic heterocycles. The lowest BCUT2D eigenvalue weighted by atomic mass is 9.97. The number of piperidine rings is 1. The van der Waals surface area contributed by atoms with E-state index in [0.29, 0.717) is 24.7 Å². The second kappa shape index (κ2) is 5.89. The zero-order valence-electron chi connectivity index (χ0n) is 11.5. The first kappa shape index (κ1) is 15.6. The predicted octanol–water partition coefficient (Wildman–Crippen LogP) is 1.97. The van der Waals surface area contributed by atoms with Gasteiger partial charge in [0.25, 0.3) is 0 Å². The van der Waals surface area contributed by atoms with Crippen molar-refractivity contribution in [1.29, 1.82) is 0 Å². The fourth-order valence-electron chi connectivity index (χ4n) is 2.40. The number of halogens is 1. The fourth-order valence-corrected chi connectivity index (χ4v) is 4.39. The molecule has 2 atom stereocenters. The molecule has 1 heterocycles. The van der Waals surface area contributed by atoms with Gasteiger partial charge in [0.1, 0.15) is 4.90 Å². The number of nitrogen functional groups attached to an aromatic ring is 1. The van der Waals surface area contributed by atoms with Crippen LogP contribution in [0.5, 0.6) is 0 Å². The third-order valence-corrected chi connectivity index (χ3v) is 6.08. The Morgan fingerprint density at radius 1 is 1.45 bits per heavy atom. The van der Waals surface area contributed by atoms with Crippen LogP contribution in [0.1, 0.15) is 13.3 Å². The molecule has 1 aliphatic rings. The summed E-state index contributed by atoms with van der Waals surface area (Å²) in [5.41, 5.74) is 6.04. The van der Waals surface area contributed by atoms with Crippen LogP contribution in [-0.2, 0) is 14.8 Å². The third-order valence-electron chi connectivity index (χ3n) is 3.73. The minimum atomic E-state index is -3.61. The van der Waals surface area contributed by atoms with Crippen molar-refractivity contribution in [3.05, 3.63) is 23.2 Å². The maximum Gasteiger partial charge on any atom is 0.244 e. The van der Waals surface area contributed by atoms with Gasteiger partial charge in [-0.3, -0.25) is 0 Å². The molecule has 0 bridgehead atoms. The molecule has 0 saturated carbocycles. The van der Waals surface area contributed by atoms with Crippen LogP contribution in [0.4, 0.5) is 5.69 Å². The average Bonchev–Trinajstić information content (AvgIpc) is 2.38. The summed E-state index contributed by atoms with van der Waals surface area (Å²) in [5, 5.41) is 0.151. The number of hydrogen-bond acceptors (Lipinski definition) is 4. The highest BCUT2D eigenvalue weighted by atomic mass is 35.5. The van der Waals surface area contributed by atoms with Crippen LogP contribution in [0.25, 0.3) is 0 Å². The molecular weight excluding hydrogens is 300 g/mol. The first-order valence-electron chi connectivity index (χ1n) is 6.44. The Morgan fingerprint density at radius 2 is 2.15 bits per heavy atom. The highest BCUT2D eigenvalue weighted by molar-refractivity contribution is 7.89. The van der Waals surface area contributed by atoms with Gasteiger partial charge in [-0.1, -0.05) is 18.5 Å². The quantitative estimate of drug-likeness (QED) is 0.865. The van der Waals surface area contributed by atoms with Crippen LogP contribution in [0, 0.1) is 5.92 Å². The molecule has 2 unspecified atom stereocenters. The molecule has 0 aromatic heterocycles. The van der Waals surface area contributed by atoms with Gasteiger partial charge in [-0.15, -0.1) is 0 Å². The van der Waals surface area contributed by atoms with Crippen LogP contribution in [-0.4, -0.2) is 39.0 Å². The van der Waals surface area contributed by atoms with E-state index in [0.717, 1.165) is 6.42 Å². The van der Waals surface area contributed by atoms with Crippen LogP contribution < -0.4 is 5.73 Å². The number of hydrogen-bond donors (Lipinski definition) is 1. The van der Waals surface area contributed by atoms with Crippen molar-refractivity contribution in [2.45, 2.75) is 24.3 Å². The Bertz CT molecular complexity index is 591. The zero-order valence-corrected chi connectivity index (χ0v) is 13.1. The highest BCUT2D eigenvalue weighted by Crippen LogP contribution is 2.30. The van der Waals surface area contributed by atoms with Crippen molar-refractivity contribution in [3.8, 4) is 0 Å². The first-order valence-corrected chi connectivity index (χ1v) is 8.26. The van der Waals surface area contributed by atoms with E-state index in [9.17, 15) is 8.42 Å². The molecule has 20 heavy (non-hydrogen) atoms. The number of nitrogens with zero attached hydrogens (tertiary/aromatic N) is 1. The van der Waals surface area contributed by atoms with Gasteiger partial charge < -0.3 is 10.5 Å². The fraction of sp³-hybridized carbons (Fsp3) is 0.538. The van der Waals surface area contributed by atoms with Crippen molar-refractivity contribution >= 4 is 27.3 Å². The average molecular weight is 319 g/mol. The summed E-state index contributed by atoms with van der Waals surface area (Å²) in [4.78, 5) is 0.0952. The van der Waals surface area contributed by atoms with Gasteiger partial charge >= 0.3 is 0 Å². The molecule has 2 rings (SSSR count). The molecule has 0 spiro atoms. The molecule has 0 amide bonds. The normalized spacial score (nSPS) is 24.8. The van der Waals surface area contributed by atoms with Gasteiger partial charge in [-0.05, 0) is 30.5 Å². The van der Waals surface area contributed by atoms with Crippen molar-refractivity contribution < 1.29 is 13.2 Å². The van der Waals surface area contributed by atoms with E-state index in [4.69, 9.17) is 22.1 Å².